The van der Waals surface area contributed by atoms with Crippen molar-refractivity contribution in [2.45, 2.75) is 6.04 Å². The summed E-state index contributed by atoms with van der Waals surface area (Å²) >= 11 is 7.62. The number of rotatable bonds is 3. The molecule has 0 aliphatic rings. The van der Waals surface area contributed by atoms with Gasteiger partial charge in [-0.1, -0.05) is 11.6 Å². The zero-order valence-electron chi connectivity index (χ0n) is 8.58. The van der Waals surface area contributed by atoms with E-state index in [0.717, 1.165) is 10.6 Å². The van der Waals surface area contributed by atoms with Gasteiger partial charge in [0.2, 0.25) is 0 Å². The Labute approximate surface area is 102 Å². The number of halogens is 2. The molecule has 0 aromatic carbocycles. The lowest BCUT2D eigenvalue weighted by Gasteiger charge is -2.14. The second-order valence-electron chi connectivity index (χ2n) is 3.26. The van der Waals surface area contributed by atoms with Gasteiger partial charge in [-0.15, -0.1) is 11.3 Å². The minimum Gasteiger partial charge on any atom is -0.307 e. The fourth-order valence-electron chi connectivity index (χ4n) is 1.48. The Morgan fingerprint density at radius 3 is 2.75 bits per heavy atom. The summed E-state index contributed by atoms with van der Waals surface area (Å²) in [6.07, 6.45) is 1.21. The lowest BCUT2D eigenvalue weighted by Crippen LogP contribution is -2.18. The van der Waals surface area contributed by atoms with E-state index in [9.17, 15) is 4.39 Å². The molecule has 1 atom stereocenters. The van der Waals surface area contributed by atoms with Crippen LogP contribution in [0.3, 0.4) is 0 Å². The molecule has 0 fully saturated rings. The molecular formula is C11H10ClFN2S. The van der Waals surface area contributed by atoms with Crippen molar-refractivity contribution in [3.8, 4) is 0 Å². The highest BCUT2D eigenvalue weighted by Crippen LogP contribution is 2.31. The molecule has 2 aromatic rings. The number of aromatic nitrogens is 1. The first kappa shape index (κ1) is 11.5. The molecular weight excluding hydrogens is 247 g/mol. The van der Waals surface area contributed by atoms with Gasteiger partial charge in [-0.05, 0) is 30.6 Å². The molecule has 84 valence electrons. The fraction of sp³-hybridized carbons (Fsp3) is 0.182. The molecule has 1 N–H and O–H groups in total. The Morgan fingerprint density at radius 2 is 2.25 bits per heavy atom. The number of thiophene rings is 1. The molecule has 2 rings (SSSR count). The largest absolute Gasteiger partial charge is 0.307 e. The highest BCUT2D eigenvalue weighted by Gasteiger charge is 2.17. The van der Waals surface area contributed by atoms with Gasteiger partial charge in [0.15, 0.2) is 0 Å². The lowest BCUT2D eigenvalue weighted by molar-refractivity contribution is 0.611. The van der Waals surface area contributed by atoms with Crippen molar-refractivity contribution in [1.82, 2.24) is 10.3 Å². The first-order chi connectivity index (χ1) is 7.72. The van der Waals surface area contributed by atoms with Crippen molar-refractivity contribution in [1.29, 1.82) is 0 Å². The number of nitrogens with zero attached hydrogens (tertiary/aromatic N) is 1. The predicted molar refractivity (Wildman–Crippen MR) is 64.4 cm³/mol. The van der Waals surface area contributed by atoms with Crippen LogP contribution in [0.15, 0.2) is 29.8 Å². The molecule has 0 saturated heterocycles. The molecule has 0 spiro atoms. The van der Waals surface area contributed by atoms with Gasteiger partial charge >= 0.3 is 0 Å². The Hall–Kier alpha value is -0.970. The van der Waals surface area contributed by atoms with E-state index in [-0.39, 0.29) is 11.9 Å². The lowest BCUT2D eigenvalue weighted by atomic mass is 10.1. The topological polar surface area (TPSA) is 24.9 Å². The van der Waals surface area contributed by atoms with Crippen molar-refractivity contribution in [2.75, 3.05) is 7.05 Å². The summed E-state index contributed by atoms with van der Waals surface area (Å²) in [7, 11) is 1.83. The number of hydrogen-bond acceptors (Lipinski definition) is 3. The monoisotopic (exact) mass is 256 g/mol. The third-order valence-electron chi connectivity index (χ3n) is 2.24. The summed E-state index contributed by atoms with van der Waals surface area (Å²) in [4.78, 5) is 5.05. The number of pyridine rings is 1. The molecule has 0 aliphatic carbocycles. The van der Waals surface area contributed by atoms with Crippen LogP contribution in [-0.4, -0.2) is 12.0 Å². The maximum atomic E-state index is 12.8. The van der Waals surface area contributed by atoms with Crippen molar-refractivity contribution < 1.29 is 4.39 Å². The summed E-state index contributed by atoms with van der Waals surface area (Å²) < 4.78 is 12.8. The Kier molecular flexibility index (Phi) is 3.53. The van der Waals surface area contributed by atoms with Gasteiger partial charge in [-0.2, -0.15) is 0 Å². The van der Waals surface area contributed by atoms with Gasteiger partial charge in [0, 0.05) is 4.88 Å². The Balaban J connectivity index is 2.37. The van der Waals surface area contributed by atoms with E-state index in [0.29, 0.717) is 5.02 Å². The van der Waals surface area contributed by atoms with Crippen molar-refractivity contribution in [2.24, 2.45) is 0 Å². The number of hydrogen-bond donors (Lipinski definition) is 1. The molecule has 0 amide bonds. The minimum atomic E-state index is -0.337. The molecule has 0 radical (unpaired) electrons. The second-order valence-corrected chi connectivity index (χ2v) is 4.61. The predicted octanol–water partition coefficient (Wildman–Crippen LogP) is 3.24. The molecule has 2 heterocycles. The van der Waals surface area contributed by atoms with Crippen molar-refractivity contribution in [3.05, 3.63) is 51.2 Å². The quantitative estimate of drug-likeness (QED) is 0.912. The van der Waals surface area contributed by atoms with E-state index in [2.05, 4.69) is 10.3 Å². The maximum absolute atomic E-state index is 12.8. The average Bonchev–Trinajstić information content (AvgIpc) is 2.69. The highest BCUT2D eigenvalue weighted by molar-refractivity contribution is 7.10. The summed E-state index contributed by atoms with van der Waals surface area (Å²) in [5.41, 5.74) is 0.758. The molecule has 0 aliphatic heterocycles. The van der Waals surface area contributed by atoms with Crippen LogP contribution in [0.4, 0.5) is 4.39 Å². The van der Waals surface area contributed by atoms with Crippen LogP contribution >= 0.6 is 22.9 Å². The fourth-order valence-corrected chi connectivity index (χ4v) is 2.77. The van der Waals surface area contributed by atoms with Gasteiger partial charge in [0.25, 0.3) is 0 Å². The molecule has 2 nitrogen and oxygen atoms in total. The van der Waals surface area contributed by atoms with Gasteiger partial charge in [0.05, 0.1) is 23.0 Å². The molecule has 0 saturated carbocycles. The zero-order valence-corrected chi connectivity index (χ0v) is 10.1. The van der Waals surface area contributed by atoms with Crippen LogP contribution in [0, 0.1) is 5.82 Å². The van der Waals surface area contributed by atoms with E-state index in [1.165, 1.54) is 12.3 Å². The van der Waals surface area contributed by atoms with E-state index in [1.54, 1.807) is 17.4 Å². The molecule has 16 heavy (non-hydrogen) atoms. The standard InChI is InChI=1S/C11H10ClFN2S/c1-14-10(11-8(12)4-5-16-11)9-3-2-7(13)6-15-9/h2-6,10,14H,1H3. The third-order valence-corrected chi connectivity index (χ3v) is 3.67. The minimum absolute atomic E-state index is 0.0897. The zero-order chi connectivity index (χ0) is 11.5. The Bertz CT molecular complexity index is 469. The van der Waals surface area contributed by atoms with Gasteiger partial charge in [-0.3, -0.25) is 4.98 Å². The SMILES string of the molecule is CNC(c1ccc(F)cn1)c1sccc1Cl. The third kappa shape index (κ3) is 2.24. The first-order valence-electron chi connectivity index (χ1n) is 4.74. The molecule has 5 heteroatoms. The maximum Gasteiger partial charge on any atom is 0.141 e. The molecule has 1 unspecified atom stereocenters. The van der Waals surface area contributed by atoms with Crippen molar-refractivity contribution in [3.63, 3.8) is 0 Å². The van der Waals surface area contributed by atoms with Crippen LogP contribution < -0.4 is 5.32 Å². The summed E-state index contributed by atoms with van der Waals surface area (Å²) in [6, 6.07) is 4.81. The normalized spacial score (nSPS) is 12.7. The van der Waals surface area contributed by atoms with Gasteiger partial charge < -0.3 is 5.32 Å². The molecule has 0 bridgehead atoms. The van der Waals surface area contributed by atoms with E-state index in [1.807, 2.05) is 18.5 Å². The van der Waals surface area contributed by atoms with Crippen LogP contribution in [-0.2, 0) is 0 Å². The van der Waals surface area contributed by atoms with Gasteiger partial charge in [0.1, 0.15) is 5.82 Å². The van der Waals surface area contributed by atoms with E-state index >= 15 is 0 Å². The summed E-state index contributed by atoms with van der Waals surface area (Å²) in [6.45, 7) is 0. The van der Waals surface area contributed by atoms with Crippen molar-refractivity contribution >= 4 is 22.9 Å². The highest BCUT2D eigenvalue weighted by atomic mass is 35.5. The smallest absolute Gasteiger partial charge is 0.141 e. The van der Waals surface area contributed by atoms with Crippen LogP contribution in [0.5, 0.6) is 0 Å². The summed E-state index contributed by atoms with van der Waals surface area (Å²) in [5.74, 6) is -0.337. The summed E-state index contributed by atoms with van der Waals surface area (Å²) in [5, 5.41) is 5.75. The van der Waals surface area contributed by atoms with Gasteiger partial charge in [-0.25, -0.2) is 4.39 Å². The van der Waals surface area contributed by atoms with E-state index in [4.69, 9.17) is 11.6 Å². The Morgan fingerprint density at radius 1 is 1.44 bits per heavy atom. The van der Waals surface area contributed by atoms with E-state index < -0.39 is 0 Å². The van der Waals surface area contributed by atoms with Crippen LogP contribution in [0.2, 0.25) is 5.02 Å². The first-order valence-corrected chi connectivity index (χ1v) is 5.99. The number of nitrogens with one attached hydrogen (secondary N) is 1. The average molecular weight is 257 g/mol. The van der Waals surface area contributed by atoms with Crippen LogP contribution in [0.25, 0.3) is 0 Å². The second kappa shape index (κ2) is 4.91. The molecule has 2 aromatic heterocycles. The van der Waals surface area contributed by atoms with Crippen LogP contribution in [0.1, 0.15) is 16.6 Å².